The minimum Gasteiger partial charge on any atom is -0.477 e. The second-order valence-corrected chi connectivity index (χ2v) is 6.10. The summed E-state index contributed by atoms with van der Waals surface area (Å²) in [5, 5.41) is 10.8. The van der Waals surface area contributed by atoms with Crippen LogP contribution in [0.2, 0.25) is 0 Å². The maximum atomic E-state index is 5.72. The number of aromatic nitrogens is 2. The first kappa shape index (κ1) is 24.2. The van der Waals surface area contributed by atoms with Crippen molar-refractivity contribution < 1.29 is 9.26 Å². The zero-order chi connectivity index (χ0) is 19.5. The number of nitrogens with one attached hydrogen (secondary N) is 2. The van der Waals surface area contributed by atoms with Crippen LogP contribution in [0.4, 0.5) is 0 Å². The van der Waals surface area contributed by atoms with Gasteiger partial charge in [-0.25, -0.2) is 9.98 Å². The third kappa shape index (κ3) is 6.96. The molecule has 2 aromatic heterocycles. The summed E-state index contributed by atoms with van der Waals surface area (Å²) in [6.45, 7) is 10.8. The maximum absolute atomic E-state index is 5.72. The van der Waals surface area contributed by atoms with Crippen molar-refractivity contribution in [2.24, 2.45) is 4.99 Å². The number of hydrogen-bond acceptors (Lipinski definition) is 5. The summed E-state index contributed by atoms with van der Waals surface area (Å²) in [6.07, 6.45) is 4.36. The van der Waals surface area contributed by atoms with Crippen LogP contribution in [0.3, 0.4) is 0 Å². The average molecular weight is 501 g/mol. The smallest absolute Gasteiger partial charge is 0.218 e. The Morgan fingerprint density at radius 1 is 1.18 bits per heavy atom. The molecule has 0 saturated carbocycles. The molecule has 28 heavy (non-hydrogen) atoms. The van der Waals surface area contributed by atoms with Gasteiger partial charge in [-0.15, -0.1) is 24.0 Å². The van der Waals surface area contributed by atoms with Crippen molar-refractivity contribution in [1.29, 1.82) is 0 Å². The molecule has 0 aliphatic heterocycles. The minimum atomic E-state index is 0. The van der Waals surface area contributed by atoms with Crippen LogP contribution in [-0.4, -0.2) is 29.3 Å². The van der Waals surface area contributed by atoms with Crippen molar-refractivity contribution in [3.63, 3.8) is 0 Å². The lowest BCUT2D eigenvalue weighted by molar-refractivity contribution is 0.302. The van der Waals surface area contributed by atoms with Crippen LogP contribution in [0.5, 0.6) is 5.88 Å². The SMILES string of the molecule is CCCOc1ncccc1CN=C(NCC)NCc1c(CC)noc1CC.I. The van der Waals surface area contributed by atoms with Crippen molar-refractivity contribution in [2.75, 3.05) is 13.2 Å². The van der Waals surface area contributed by atoms with Crippen molar-refractivity contribution in [1.82, 2.24) is 20.8 Å². The van der Waals surface area contributed by atoms with E-state index in [1.54, 1.807) is 6.20 Å². The molecule has 8 heteroatoms. The van der Waals surface area contributed by atoms with Crippen LogP contribution in [0, 0.1) is 0 Å². The number of aliphatic imine (C=N–C) groups is 1. The number of pyridine rings is 1. The second-order valence-electron chi connectivity index (χ2n) is 6.10. The molecule has 0 aliphatic rings. The van der Waals surface area contributed by atoms with Gasteiger partial charge in [-0.3, -0.25) is 0 Å². The van der Waals surface area contributed by atoms with Gasteiger partial charge in [-0.1, -0.05) is 32.0 Å². The lowest BCUT2D eigenvalue weighted by Crippen LogP contribution is -2.37. The summed E-state index contributed by atoms with van der Waals surface area (Å²) in [5.41, 5.74) is 3.09. The maximum Gasteiger partial charge on any atom is 0.218 e. The highest BCUT2D eigenvalue weighted by atomic mass is 127. The number of hydrogen-bond donors (Lipinski definition) is 2. The van der Waals surface area contributed by atoms with Gasteiger partial charge < -0.3 is 19.9 Å². The predicted octanol–water partition coefficient (Wildman–Crippen LogP) is 3.86. The quantitative estimate of drug-likeness (QED) is 0.292. The molecule has 0 aliphatic carbocycles. The van der Waals surface area contributed by atoms with E-state index in [0.29, 0.717) is 25.6 Å². The highest BCUT2D eigenvalue weighted by molar-refractivity contribution is 14.0. The van der Waals surface area contributed by atoms with Crippen LogP contribution in [0.1, 0.15) is 56.7 Å². The van der Waals surface area contributed by atoms with Crippen LogP contribution in [-0.2, 0) is 25.9 Å². The van der Waals surface area contributed by atoms with E-state index in [-0.39, 0.29) is 24.0 Å². The Kier molecular flexibility index (Phi) is 11.5. The molecule has 0 saturated heterocycles. The van der Waals surface area contributed by atoms with Gasteiger partial charge in [0.25, 0.3) is 0 Å². The van der Waals surface area contributed by atoms with E-state index in [1.165, 1.54) is 0 Å². The minimum absolute atomic E-state index is 0. The normalized spacial score (nSPS) is 11.1. The van der Waals surface area contributed by atoms with Crippen molar-refractivity contribution in [2.45, 2.75) is 60.0 Å². The molecule has 0 aromatic carbocycles. The standard InChI is InChI=1S/C20H31N5O2.HI/c1-5-12-26-19-15(10-9-11-22-19)13-23-20(21-8-4)24-14-16-17(6-2)25-27-18(16)7-3;/h9-11H,5-8,12-14H2,1-4H3,(H2,21,23,24);1H. The number of rotatable bonds is 10. The topological polar surface area (TPSA) is 84.6 Å². The van der Waals surface area contributed by atoms with Gasteiger partial charge in [0, 0.05) is 36.8 Å². The average Bonchev–Trinajstić information content (AvgIpc) is 3.11. The first-order valence-electron chi connectivity index (χ1n) is 9.78. The van der Waals surface area contributed by atoms with Crippen LogP contribution >= 0.6 is 24.0 Å². The molecule has 2 N–H and O–H groups in total. The summed E-state index contributed by atoms with van der Waals surface area (Å²) in [7, 11) is 0. The van der Waals surface area contributed by atoms with Crippen molar-refractivity contribution in [3.05, 3.63) is 40.9 Å². The van der Waals surface area contributed by atoms with E-state index in [0.717, 1.165) is 54.3 Å². The number of ether oxygens (including phenoxy) is 1. The third-order valence-electron chi connectivity index (χ3n) is 4.08. The van der Waals surface area contributed by atoms with E-state index < -0.39 is 0 Å². The fraction of sp³-hybridized carbons (Fsp3) is 0.550. The molecule has 7 nitrogen and oxygen atoms in total. The van der Waals surface area contributed by atoms with E-state index in [9.17, 15) is 0 Å². The van der Waals surface area contributed by atoms with Crippen LogP contribution < -0.4 is 15.4 Å². The monoisotopic (exact) mass is 501 g/mol. The van der Waals surface area contributed by atoms with Gasteiger partial charge in [0.05, 0.1) is 18.8 Å². The Bertz CT molecular complexity index is 712. The fourth-order valence-corrected chi connectivity index (χ4v) is 2.69. The van der Waals surface area contributed by atoms with Gasteiger partial charge in [-0.05, 0) is 25.8 Å². The van der Waals surface area contributed by atoms with Gasteiger partial charge >= 0.3 is 0 Å². The first-order valence-corrected chi connectivity index (χ1v) is 9.78. The molecule has 2 aromatic rings. The lowest BCUT2D eigenvalue weighted by atomic mass is 10.1. The number of nitrogens with zero attached hydrogens (tertiary/aromatic N) is 3. The van der Waals surface area contributed by atoms with Crippen molar-refractivity contribution >= 4 is 29.9 Å². The van der Waals surface area contributed by atoms with E-state index in [2.05, 4.69) is 46.5 Å². The van der Waals surface area contributed by atoms with Gasteiger partial charge in [0.1, 0.15) is 5.76 Å². The van der Waals surface area contributed by atoms with Gasteiger partial charge in [0.15, 0.2) is 5.96 Å². The van der Waals surface area contributed by atoms with E-state index in [1.807, 2.05) is 19.1 Å². The highest BCUT2D eigenvalue weighted by Gasteiger charge is 2.13. The zero-order valence-corrected chi connectivity index (χ0v) is 19.6. The molecule has 156 valence electrons. The zero-order valence-electron chi connectivity index (χ0n) is 17.2. The molecule has 2 heterocycles. The molecule has 0 radical (unpaired) electrons. The number of guanidine groups is 1. The molecular weight excluding hydrogens is 469 g/mol. The van der Waals surface area contributed by atoms with E-state index >= 15 is 0 Å². The summed E-state index contributed by atoms with van der Waals surface area (Å²) < 4.78 is 11.2. The Morgan fingerprint density at radius 3 is 2.68 bits per heavy atom. The molecule has 0 unspecified atom stereocenters. The molecule has 0 bridgehead atoms. The van der Waals surface area contributed by atoms with Gasteiger partial charge in [-0.2, -0.15) is 0 Å². The summed E-state index contributed by atoms with van der Waals surface area (Å²) >= 11 is 0. The Hall–Kier alpha value is -1.84. The highest BCUT2D eigenvalue weighted by Crippen LogP contribution is 2.17. The third-order valence-corrected chi connectivity index (χ3v) is 4.08. The number of halogens is 1. The second kappa shape index (κ2) is 13.4. The summed E-state index contributed by atoms with van der Waals surface area (Å²) in [4.78, 5) is 9.01. The van der Waals surface area contributed by atoms with Crippen LogP contribution in [0.15, 0.2) is 27.8 Å². The predicted molar refractivity (Wildman–Crippen MR) is 122 cm³/mol. The Balaban J connectivity index is 0.00000392. The lowest BCUT2D eigenvalue weighted by Gasteiger charge is -2.12. The van der Waals surface area contributed by atoms with Gasteiger partial charge in [0.2, 0.25) is 5.88 Å². The molecular formula is C20H32IN5O2. The van der Waals surface area contributed by atoms with E-state index in [4.69, 9.17) is 9.26 Å². The summed E-state index contributed by atoms with van der Waals surface area (Å²) in [5.74, 6) is 2.32. The molecule has 0 atom stereocenters. The van der Waals surface area contributed by atoms with Crippen molar-refractivity contribution in [3.8, 4) is 5.88 Å². The molecule has 0 amide bonds. The Morgan fingerprint density at radius 2 is 2.00 bits per heavy atom. The Labute approximate surface area is 184 Å². The molecule has 0 spiro atoms. The number of aryl methyl sites for hydroxylation is 2. The largest absolute Gasteiger partial charge is 0.477 e. The molecule has 2 rings (SSSR count). The summed E-state index contributed by atoms with van der Waals surface area (Å²) in [6, 6.07) is 3.90. The molecule has 0 fully saturated rings. The first-order chi connectivity index (χ1) is 13.2. The van der Waals surface area contributed by atoms with Crippen LogP contribution in [0.25, 0.3) is 0 Å². The fourth-order valence-electron chi connectivity index (χ4n) is 2.69.